The first-order valence-corrected chi connectivity index (χ1v) is 7.71. The molecule has 0 spiro atoms. The van der Waals surface area contributed by atoms with Crippen LogP contribution in [0.3, 0.4) is 0 Å². The fourth-order valence-corrected chi connectivity index (χ4v) is 2.60. The van der Waals surface area contributed by atoms with Crippen LogP contribution in [0.15, 0.2) is 41.2 Å². The predicted octanol–water partition coefficient (Wildman–Crippen LogP) is 0.276. The van der Waals surface area contributed by atoms with Gasteiger partial charge in [-0.15, -0.1) is 0 Å². The Bertz CT molecular complexity index is 890. The lowest BCUT2D eigenvalue weighted by Gasteiger charge is -2.34. The molecule has 1 unspecified atom stereocenters. The molecule has 0 fully saturated rings. The molecular weight excluding hydrogens is 324 g/mol. The van der Waals surface area contributed by atoms with Gasteiger partial charge in [-0.2, -0.15) is 5.10 Å². The van der Waals surface area contributed by atoms with E-state index in [1.807, 2.05) is 0 Å². The fourth-order valence-electron chi connectivity index (χ4n) is 2.60. The highest BCUT2D eigenvalue weighted by Crippen LogP contribution is 2.34. The number of fused-ring (bicyclic) bond motifs is 1. The second-order valence-electron chi connectivity index (χ2n) is 5.90. The Morgan fingerprint density at radius 3 is 2.60 bits per heavy atom. The molecule has 0 saturated heterocycles. The zero-order valence-corrected chi connectivity index (χ0v) is 14.2. The minimum atomic E-state index is -0.804. The maximum atomic E-state index is 12.9. The van der Waals surface area contributed by atoms with Gasteiger partial charge in [0.25, 0.3) is 17.4 Å². The van der Waals surface area contributed by atoms with E-state index in [-0.39, 0.29) is 23.7 Å². The van der Waals surface area contributed by atoms with E-state index >= 15 is 0 Å². The number of nitrogens with zero attached hydrogens (tertiary/aromatic N) is 4. The van der Waals surface area contributed by atoms with Crippen LogP contribution in [-0.4, -0.2) is 53.2 Å². The van der Waals surface area contributed by atoms with Crippen molar-refractivity contribution in [1.29, 1.82) is 0 Å². The molecule has 130 valence electrons. The van der Waals surface area contributed by atoms with Gasteiger partial charge in [-0.25, -0.2) is 4.68 Å². The van der Waals surface area contributed by atoms with E-state index in [4.69, 9.17) is 4.74 Å². The molecular formula is C17H18N4O4. The number of carbonyl (C=O) groups excluding carboxylic acids is 2. The van der Waals surface area contributed by atoms with Crippen LogP contribution in [0.4, 0.5) is 5.69 Å². The average Bonchev–Trinajstić information content (AvgIpc) is 2.61. The maximum absolute atomic E-state index is 12.9. The van der Waals surface area contributed by atoms with Crippen molar-refractivity contribution in [1.82, 2.24) is 14.7 Å². The topological polar surface area (TPSA) is 84.7 Å². The van der Waals surface area contributed by atoms with Crippen molar-refractivity contribution >= 4 is 17.5 Å². The van der Waals surface area contributed by atoms with Gasteiger partial charge in [0.2, 0.25) is 0 Å². The summed E-state index contributed by atoms with van der Waals surface area (Å²) in [4.78, 5) is 39.6. The van der Waals surface area contributed by atoms with E-state index in [1.165, 1.54) is 29.0 Å². The van der Waals surface area contributed by atoms with Crippen LogP contribution in [0, 0.1) is 0 Å². The number of anilines is 1. The van der Waals surface area contributed by atoms with E-state index in [1.54, 1.807) is 38.4 Å². The summed E-state index contributed by atoms with van der Waals surface area (Å²) in [6.07, 6.45) is -0.804. The highest BCUT2D eigenvalue weighted by Gasteiger charge is 2.35. The predicted molar refractivity (Wildman–Crippen MR) is 90.7 cm³/mol. The number of likely N-dealkylation sites (N-methyl/N-ethyl adjacent to an activating group) is 1. The number of ether oxygens (including phenoxy) is 1. The minimum Gasteiger partial charge on any atom is -0.476 e. The van der Waals surface area contributed by atoms with Gasteiger partial charge in [0, 0.05) is 27.2 Å². The summed E-state index contributed by atoms with van der Waals surface area (Å²) < 4.78 is 6.85. The van der Waals surface area contributed by atoms with Crippen LogP contribution in [0.5, 0.6) is 5.75 Å². The molecule has 0 aliphatic carbocycles. The van der Waals surface area contributed by atoms with Gasteiger partial charge in [-0.05, 0) is 18.2 Å². The molecule has 1 aromatic carbocycles. The summed E-state index contributed by atoms with van der Waals surface area (Å²) in [7, 11) is 4.74. The molecule has 0 radical (unpaired) electrons. The van der Waals surface area contributed by atoms with Crippen LogP contribution in [-0.2, 0) is 11.8 Å². The molecule has 0 N–H and O–H groups in total. The third-order valence-corrected chi connectivity index (χ3v) is 3.91. The number of hydrogen-bond acceptors (Lipinski definition) is 5. The molecule has 2 aromatic rings. The first-order chi connectivity index (χ1) is 11.9. The van der Waals surface area contributed by atoms with Crippen molar-refractivity contribution in [3.05, 3.63) is 52.4 Å². The Morgan fingerprint density at radius 1 is 1.20 bits per heavy atom. The Morgan fingerprint density at radius 2 is 1.92 bits per heavy atom. The van der Waals surface area contributed by atoms with Crippen LogP contribution >= 0.6 is 0 Å². The van der Waals surface area contributed by atoms with Crippen molar-refractivity contribution in [3.63, 3.8) is 0 Å². The number of aromatic nitrogens is 2. The summed E-state index contributed by atoms with van der Waals surface area (Å²) in [5, 5.41) is 4.00. The second-order valence-corrected chi connectivity index (χ2v) is 5.90. The zero-order valence-electron chi connectivity index (χ0n) is 14.2. The SMILES string of the molecule is CN(C)C(=O)C1CN(C(=O)c2ccc(=O)n(C)n2)c2ccccc2O1. The third-order valence-electron chi connectivity index (χ3n) is 3.91. The van der Waals surface area contributed by atoms with Crippen LogP contribution in [0.2, 0.25) is 0 Å². The fraction of sp³-hybridized carbons (Fsp3) is 0.294. The largest absolute Gasteiger partial charge is 0.476 e. The first kappa shape index (κ1) is 16.7. The normalized spacial score (nSPS) is 16.0. The first-order valence-electron chi connectivity index (χ1n) is 7.71. The molecule has 3 rings (SSSR count). The lowest BCUT2D eigenvalue weighted by atomic mass is 10.1. The highest BCUT2D eigenvalue weighted by molar-refractivity contribution is 6.06. The number of para-hydroxylation sites is 2. The molecule has 1 atom stereocenters. The highest BCUT2D eigenvalue weighted by atomic mass is 16.5. The number of hydrogen-bond donors (Lipinski definition) is 0. The zero-order chi connectivity index (χ0) is 18.1. The Kier molecular flexibility index (Phi) is 4.26. The molecule has 1 aromatic heterocycles. The number of benzene rings is 1. The van der Waals surface area contributed by atoms with E-state index in [9.17, 15) is 14.4 Å². The lowest BCUT2D eigenvalue weighted by Crippen LogP contribution is -2.50. The summed E-state index contributed by atoms with van der Waals surface area (Å²) in [6.45, 7) is 0.0668. The quantitative estimate of drug-likeness (QED) is 0.782. The molecule has 1 aliphatic heterocycles. The average molecular weight is 342 g/mol. The van der Waals surface area contributed by atoms with E-state index < -0.39 is 12.0 Å². The molecule has 25 heavy (non-hydrogen) atoms. The molecule has 1 aliphatic rings. The van der Waals surface area contributed by atoms with Gasteiger partial charge in [0.15, 0.2) is 6.10 Å². The minimum absolute atomic E-state index is 0.0668. The summed E-state index contributed by atoms with van der Waals surface area (Å²) in [5.41, 5.74) is 0.375. The lowest BCUT2D eigenvalue weighted by molar-refractivity contribution is -0.135. The molecule has 0 saturated carbocycles. The van der Waals surface area contributed by atoms with E-state index in [0.717, 1.165) is 4.68 Å². The van der Waals surface area contributed by atoms with Crippen molar-refractivity contribution in [2.75, 3.05) is 25.5 Å². The van der Waals surface area contributed by atoms with Crippen LogP contribution in [0.25, 0.3) is 0 Å². The molecule has 0 bridgehead atoms. The molecule has 2 amide bonds. The standard InChI is InChI=1S/C17H18N4O4/c1-19(2)17(24)14-10-21(12-6-4-5-7-13(12)25-14)16(23)11-8-9-15(22)20(3)18-11/h4-9,14H,10H2,1-3H3. The van der Waals surface area contributed by atoms with Gasteiger partial charge in [-0.1, -0.05) is 12.1 Å². The third kappa shape index (κ3) is 3.10. The van der Waals surface area contributed by atoms with Gasteiger partial charge in [0.1, 0.15) is 11.4 Å². The van der Waals surface area contributed by atoms with Gasteiger partial charge in [0.05, 0.1) is 12.2 Å². The Labute approximate surface area is 144 Å². The van der Waals surface area contributed by atoms with E-state index in [2.05, 4.69) is 5.10 Å². The van der Waals surface area contributed by atoms with E-state index in [0.29, 0.717) is 11.4 Å². The number of aryl methyl sites for hydroxylation is 1. The number of rotatable bonds is 2. The van der Waals surface area contributed by atoms with Crippen molar-refractivity contribution < 1.29 is 14.3 Å². The summed E-state index contributed by atoms with van der Waals surface area (Å²) >= 11 is 0. The smallest absolute Gasteiger partial charge is 0.278 e. The van der Waals surface area contributed by atoms with Crippen molar-refractivity contribution in [2.24, 2.45) is 7.05 Å². The Hall–Kier alpha value is -3.16. The van der Waals surface area contributed by atoms with Crippen LogP contribution in [0.1, 0.15) is 10.5 Å². The Balaban J connectivity index is 2.00. The number of amides is 2. The number of carbonyl (C=O) groups is 2. The van der Waals surface area contributed by atoms with Gasteiger partial charge < -0.3 is 9.64 Å². The summed E-state index contributed by atoms with van der Waals surface area (Å²) in [5.74, 6) is -0.184. The molecule has 2 heterocycles. The van der Waals surface area contributed by atoms with Crippen molar-refractivity contribution in [2.45, 2.75) is 6.10 Å². The monoisotopic (exact) mass is 342 g/mol. The van der Waals surface area contributed by atoms with Gasteiger partial charge >= 0.3 is 0 Å². The molecule has 8 nitrogen and oxygen atoms in total. The second kappa shape index (κ2) is 6.39. The summed E-state index contributed by atoms with van der Waals surface area (Å²) in [6, 6.07) is 9.67. The van der Waals surface area contributed by atoms with Gasteiger partial charge in [-0.3, -0.25) is 19.3 Å². The van der Waals surface area contributed by atoms with Crippen LogP contribution < -0.4 is 15.2 Å². The molecule has 8 heteroatoms. The maximum Gasteiger partial charge on any atom is 0.278 e. The van der Waals surface area contributed by atoms with Crippen molar-refractivity contribution in [3.8, 4) is 5.75 Å².